The highest BCUT2D eigenvalue weighted by molar-refractivity contribution is 6.02. The zero-order valence-electron chi connectivity index (χ0n) is 9.70. The first-order chi connectivity index (χ1) is 7.67. The maximum absolute atomic E-state index is 11.1. The SMILES string of the molecule is COc1cc(C)c2cc(C)ccc2c1C=O. The van der Waals surface area contributed by atoms with Gasteiger partial charge in [0.1, 0.15) is 5.75 Å². The molecule has 0 atom stereocenters. The summed E-state index contributed by atoms with van der Waals surface area (Å²) in [6.45, 7) is 4.07. The molecule has 0 aliphatic rings. The molecule has 82 valence electrons. The number of carbonyl (C=O) groups is 1. The highest BCUT2D eigenvalue weighted by Gasteiger charge is 2.09. The predicted molar refractivity (Wildman–Crippen MR) is 65.4 cm³/mol. The Kier molecular flexibility index (Phi) is 2.65. The average molecular weight is 214 g/mol. The Balaban J connectivity index is 2.91. The maximum atomic E-state index is 11.1. The van der Waals surface area contributed by atoms with Gasteiger partial charge >= 0.3 is 0 Å². The van der Waals surface area contributed by atoms with E-state index in [0.717, 1.165) is 22.6 Å². The van der Waals surface area contributed by atoms with Crippen LogP contribution in [0, 0.1) is 13.8 Å². The second-order valence-electron chi connectivity index (χ2n) is 3.98. The molecule has 0 aliphatic heterocycles. The number of fused-ring (bicyclic) bond motifs is 1. The summed E-state index contributed by atoms with van der Waals surface area (Å²) in [4.78, 5) is 11.1. The number of methoxy groups -OCH3 is 1. The molecule has 0 unspecified atom stereocenters. The fourth-order valence-corrected chi connectivity index (χ4v) is 1.99. The molecule has 0 radical (unpaired) electrons. The standard InChI is InChI=1S/C14H14O2/c1-9-4-5-11-12(6-9)10(2)7-14(16-3)13(11)8-15/h4-8H,1-3H3. The van der Waals surface area contributed by atoms with Crippen molar-refractivity contribution in [3.63, 3.8) is 0 Å². The molecular weight excluding hydrogens is 200 g/mol. The molecule has 16 heavy (non-hydrogen) atoms. The molecule has 0 saturated heterocycles. The van der Waals surface area contributed by atoms with Crippen LogP contribution < -0.4 is 4.74 Å². The number of hydrogen-bond acceptors (Lipinski definition) is 2. The molecule has 2 aromatic carbocycles. The third-order valence-electron chi connectivity index (χ3n) is 2.84. The Bertz CT molecular complexity index is 556. The van der Waals surface area contributed by atoms with E-state index in [0.29, 0.717) is 11.3 Å². The molecule has 2 nitrogen and oxygen atoms in total. The topological polar surface area (TPSA) is 26.3 Å². The summed E-state index contributed by atoms with van der Waals surface area (Å²) >= 11 is 0. The molecule has 2 aromatic rings. The largest absolute Gasteiger partial charge is 0.496 e. The first-order valence-corrected chi connectivity index (χ1v) is 5.20. The maximum Gasteiger partial charge on any atom is 0.154 e. The van der Waals surface area contributed by atoms with Gasteiger partial charge in [0.15, 0.2) is 6.29 Å². The lowest BCUT2D eigenvalue weighted by atomic mass is 9.98. The third-order valence-corrected chi connectivity index (χ3v) is 2.84. The highest BCUT2D eigenvalue weighted by atomic mass is 16.5. The second kappa shape index (κ2) is 3.97. The fourth-order valence-electron chi connectivity index (χ4n) is 1.99. The minimum Gasteiger partial charge on any atom is -0.496 e. The van der Waals surface area contributed by atoms with E-state index in [2.05, 4.69) is 6.07 Å². The van der Waals surface area contributed by atoms with E-state index >= 15 is 0 Å². The lowest BCUT2D eigenvalue weighted by Crippen LogP contribution is -1.94. The van der Waals surface area contributed by atoms with Crippen LogP contribution in [0.4, 0.5) is 0 Å². The van der Waals surface area contributed by atoms with Gasteiger partial charge in [0.2, 0.25) is 0 Å². The van der Waals surface area contributed by atoms with Gasteiger partial charge in [-0.05, 0) is 36.2 Å². The molecule has 2 rings (SSSR count). The van der Waals surface area contributed by atoms with Crippen molar-refractivity contribution in [1.29, 1.82) is 0 Å². The Morgan fingerprint density at radius 1 is 1.12 bits per heavy atom. The molecule has 0 bridgehead atoms. The Morgan fingerprint density at radius 2 is 1.88 bits per heavy atom. The van der Waals surface area contributed by atoms with Gasteiger partial charge in [-0.25, -0.2) is 0 Å². The number of hydrogen-bond donors (Lipinski definition) is 0. The van der Waals surface area contributed by atoms with Crippen LogP contribution in [0.1, 0.15) is 21.5 Å². The van der Waals surface area contributed by atoms with Crippen molar-refractivity contribution in [2.45, 2.75) is 13.8 Å². The van der Waals surface area contributed by atoms with Crippen LogP contribution in [-0.2, 0) is 0 Å². The van der Waals surface area contributed by atoms with Crippen LogP contribution >= 0.6 is 0 Å². The Hall–Kier alpha value is -1.83. The smallest absolute Gasteiger partial charge is 0.154 e. The van der Waals surface area contributed by atoms with Gasteiger partial charge in [-0.3, -0.25) is 4.79 Å². The molecule has 0 amide bonds. The van der Waals surface area contributed by atoms with E-state index in [9.17, 15) is 4.79 Å². The molecule has 0 aromatic heterocycles. The molecule has 2 heteroatoms. The quantitative estimate of drug-likeness (QED) is 0.717. The summed E-state index contributed by atoms with van der Waals surface area (Å²) in [7, 11) is 1.59. The van der Waals surface area contributed by atoms with E-state index in [1.54, 1.807) is 7.11 Å². The summed E-state index contributed by atoms with van der Waals surface area (Å²) in [6, 6.07) is 7.99. The van der Waals surface area contributed by atoms with Crippen LogP contribution in [0.5, 0.6) is 5.75 Å². The summed E-state index contributed by atoms with van der Waals surface area (Å²) in [5, 5.41) is 2.07. The summed E-state index contributed by atoms with van der Waals surface area (Å²) in [5.74, 6) is 0.642. The van der Waals surface area contributed by atoms with Gasteiger partial charge < -0.3 is 4.74 Å². The number of rotatable bonds is 2. The van der Waals surface area contributed by atoms with Crippen molar-refractivity contribution in [3.05, 3.63) is 41.0 Å². The number of benzene rings is 2. The van der Waals surface area contributed by atoms with Crippen LogP contribution in [0.2, 0.25) is 0 Å². The normalized spacial score (nSPS) is 10.4. The molecule has 0 aliphatic carbocycles. The zero-order valence-corrected chi connectivity index (χ0v) is 9.70. The summed E-state index contributed by atoms with van der Waals surface area (Å²) < 4.78 is 5.22. The van der Waals surface area contributed by atoms with Gasteiger partial charge in [-0.15, -0.1) is 0 Å². The third kappa shape index (κ3) is 1.56. The van der Waals surface area contributed by atoms with E-state index < -0.39 is 0 Å². The lowest BCUT2D eigenvalue weighted by molar-refractivity contribution is 0.112. The molecule has 0 heterocycles. The summed E-state index contributed by atoms with van der Waals surface area (Å²) in [5.41, 5.74) is 2.95. The van der Waals surface area contributed by atoms with Crippen molar-refractivity contribution < 1.29 is 9.53 Å². The van der Waals surface area contributed by atoms with E-state index in [1.807, 2.05) is 32.0 Å². The van der Waals surface area contributed by atoms with Crippen LogP contribution in [0.3, 0.4) is 0 Å². The minimum atomic E-state index is 0.628. The molecular formula is C14H14O2. The van der Waals surface area contributed by atoms with E-state index in [1.165, 1.54) is 5.56 Å². The van der Waals surface area contributed by atoms with Crippen molar-refractivity contribution >= 4 is 17.1 Å². The number of aldehydes is 1. The molecule has 0 N–H and O–H groups in total. The van der Waals surface area contributed by atoms with Gasteiger partial charge in [0.25, 0.3) is 0 Å². The molecule has 0 fully saturated rings. The average Bonchev–Trinajstić information content (AvgIpc) is 2.29. The summed E-state index contributed by atoms with van der Waals surface area (Å²) in [6.07, 6.45) is 0.857. The first-order valence-electron chi connectivity index (χ1n) is 5.20. The van der Waals surface area contributed by atoms with Crippen molar-refractivity contribution in [2.75, 3.05) is 7.11 Å². The molecule has 0 spiro atoms. The van der Waals surface area contributed by atoms with Crippen molar-refractivity contribution in [3.8, 4) is 5.75 Å². The second-order valence-corrected chi connectivity index (χ2v) is 3.98. The van der Waals surface area contributed by atoms with Gasteiger partial charge in [-0.1, -0.05) is 23.8 Å². The lowest BCUT2D eigenvalue weighted by Gasteiger charge is -2.10. The number of aryl methyl sites for hydroxylation is 2. The van der Waals surface area contributed by atoms with E-state index in [-0.39, 0.29) is 0 Å². The Morgan fingerprint density at radius 3 is 2.50 bits per heavy atom. The van der Waals surface area contributed by atoms with Gasteiger partial charge in [0.05, 0.1) is 12.7 Å². The van der Waals surface area contributed by atoms with E-state index in [4.69, 9.17) is 4.74 Å². The highest BCUT2D eigenvalue weighted by Crippen LogP contribution is 2.30. The monoisotopic (exact) mass is 214 g/mol. The number of carbonyl (C=O) groups excluding carboxylic acids is 1. The van der Waals surface area contributed by atoms with Crippen molar-refractivity contribution in [1.82, 2.24) is 0 Å². The van der Waals surface area contributed by atoms with Crippen molar-refractivity contribution in [2.24, 2.45) is 0 Å². The fraction of sp³-hybridized carbons (Fsp3) is 0.214. The first kappa shape index (κ1) is 10.7. The zero-order chi connectivity index (χ0) is 11.7. The van der Waals surface area contributed by atoms with Gasteiger partial charge in [0, 0.05) is 0 Å². The van der Waals surface area contributed by atoms with Crippen LogP contribution in [-0.4, -0.2) is 13.4 Å². The van der Waals surface area contributed by atoms with Crippen LogP contribution in [0.25, 0.3) is 10.8 Å². The number of ether oxygens (including phenoxy) is 1. The van der Waals surface area contributed by atoms with Crippen LogP contribution in [0.15, 0.2) is 24.3 Å². The minimum absolute atomic E-state index is 0.628. The molecule has 0 saturated carbocycles. The predicted octanol–water partition coefficient (Wildman–Crippen LogP) is 3.28. The Labute approximate surface area is 94.8 Å². The van der Waals surface area contributed by atoms with Gasteiger partial charge in [-0.2, -0.15) is 0 Å².